The second-order valence-corrected chi connectivity index (χ2v) is 4.55. The van der Waals surface area contributed by atoms with Crippen molar-refractivity contribution in [2.75, 3.05) is 12.8 Å². The molecule has 2 N–H and O–H groups in total. The number of anilines is 1. The van der Waals surface area contributed by atoms with Crippen LogP contribution in [0.3, 0.4) is 0 Å². The number of oxazole rings is 1. The summed E-state index contributed by atoms with van der Waals surface area (Å²) in [5, 5.41) is 0. The summed E-state index contributed by atoms with van der Waals surface area (Å²) in [6.07, 6.45) is 0. The molecule has 0 radical (unpaired) electrons. The molecule has 5 nitrogen and oxygen atoms in total. The molecule has 1 aromatic carbocycles. The Morgan fingerprint density at radius 1 is 1.32 bits per heavy atom. The van der Waals surface area contributed by atoms with Crippen molar-refractivity contribution >= 4 is 11.6 Å². The molecule has 0 atom stereocenters. The fourth-order valence-electron chi connectivity index (χ4n) is 1.87. The molecule has 2 aromatic rings. The van der Waals surface area contributed by atoms with Gasteiger partial charge in [0.2, 0.25) is 5.76 Å². The van der Waals surface area contributed by atoms with Gasteiger partial charge in [0, 0.05) is 26.2 Å². The zero-order valence-electron chi connectivity index (χ0n) is 11.3. The van der Waals surface area contributed by atoms with Gasteiger partial charge in [0.25, 0.3) is 5.91 Å². The summed E-state index contributed by atoms with van der Waals surface area (Å²) in [5.74, 6) is 0.632. The Balaban J connectivity index is 2.11. The lowest BCUT2D eigenvalue weighted by Crippen LogP contribution is -2.26. The van der Waals surface area contributed by atoms with E-state index in [1.807, 2.05) is 24.3 Å². The number of hydrogen-bond donors (Lipinski definition) is 1. The average Bonchev–Trinajstić information content (AvgIpc) is 2.70. The number of benzene rings is 1. The first-order chi connectivity index (χ1) is 8.97. The number of rotatable bonds is 3. The van der Waals surface area contributed by atoms with Gasteiger partial charge in [0.05, 0.1) is 5.69 Å². The number of aryl methyl sites for hydroxylation is 2. The molecule has 0 aliphatic carbocycles. The third-order valence-electron chi connectivity index (χ3n) is 2.84. The number of hydrogen-bond acceptors (Lipinski definition) is 4. The van der Waals surface area contributed by atoms with E-state index in [0.29, 0.717) is 29.6 Å². The zero-order valence-corrected chi connectivity index (χ0v) is 11.3. The quantitative estimate of drug-likeness (QED) is 0.857. The van der Waals surface area contributed by atoms with E-state index in [-0.39, 0.29) is 5.91 Å². The second-order valence-electron chi connectivity index (χ2n) is 4.55. The Morgan fingerprint density at radius 2 is 1.95 bits per heavy atom. The Morgan fingerprint density at radius 3 is 2.47 bits per heavy atom. The lowest BCUT2D eigenvalue weighted by atomic mass is 10.2. The van der Waals surface area contributed by atoms with E-state index in [1.54, 1.807) is 25.8 Å². The lowest BCUT2D eigenvalue weighted by molar-refractivity contribution is 0.0751. The van der Waals surface area contributed by atoms with Crippen molar-refractivity contribution in [1.29, 1.82) is 0 Å². The number of nitrogen functional groups attached to an aromatic ring is 1. The maximum atomic E-state index is 12.2. The Kier molecular flexibility index (Phi) is 3.55. The maximum absolute atomic E-state index is 12.2. The van der Waals surface area contributed by atoms with Crippen molar-refractivity contribution in [3.63, 3.8) is 0 Å². The third kappa shape index (κ3) is 2.93. The van der Waals surface area contributed by atoms with E-state index in [0.717, 1.165) is 5.56 Å². The normalized spacial score (nSPS) is 10.5. The number of carbonyl (C=O) groups is 1. The summed E-state index contributed by atoms with van der Waals surface area (Å²) in [4.78, 5) is 17.9. The van der Waals surface area contributed by atoms with Crippen LogP contribution in [0.4, 0.5) is 5.69 Å². The van der Waals surface area contributed by atoms with E-state index in [2.05, 4.69) is 4.98 Å². The molecule has 1 heterocycles. The van der Waals surface area contributed by atoms with Crippen LogP contribution in [0.15, 0.2) is 28.7 Å². The number of aromatic nitrogens is 1. The maximum Gasteiger partial charge on any atom is 0.291 e. The molecular weight excluding hydrogens is 242 g/mol. The summed E-state index contributed by atoms with van der Waals surface area (Å²) < 4.78 is 5.33. The first kappa shape index (κ1) is 13.1. The monoisotopic (exact) mass is 259 g/mol. The highest BCUT2D eigenvalue weighted by molar-refractivity contribution is 5.92. The number of nitrogens with zero attached hydrogens (tertiary/aromatic N) is 2. The van der Waals surface area contributed by atoms with Crippen LogP contribution in [0.5, 0.6) is 0 Å². The highest BCUT2D eigenvalue weighted by Gasteiger charge is 2.19. The summed E-state index contributed by atoms with van der Waals surface area (Å²) in [7, 11) is 1.73. The van der Waals surface area contributed by atoms with E-state index >= 15 is 0 Å². The van der Waals surface area contributed by atoms with Crippen LogP contribution in [-0.4, -0.2) is 22.8 Å². The van der Waals surface area contributed by atoms with Gasteiger partial charge in [-0.1, -0.05) is 12.1 Å². The van der Waals surface area contributed by atoms with E-state index in [1.165, 1.54) is 0 Å². The van der Waals surface area contributed by atoms with Crippen LogP contribution in [0.25, 0.3) is 0 Å². The van der Waals surface area contributed by atoms with Crippen molar-refractivity contribution < 1.29 is 9.21 Å². The molecule has 0 saturated carbocycles. The summed E-state index contributed by atoms with van der Waals surface area (Å²) >= 11 is 0. The first-order valence-corrected chi connectivity index (χ1v) is 6.01. The SMILES string of the molecule is Cc1nc(C)c(C(=O)N(C)Cc2ccc(N)cc2)o1. The van der Waals surface area contributed by atoms with Gasteiger partial charge in [-0.2, -0.15) is 0 Å². The van der Waals surface area contributed by atoms with Crippen molar-refractivity contribution in [1.82, 2.24) is 9.88 Å². The zero-order chi connectivity index (χ0) is 14.0. The minimum absolute atomic E-state index is 0.171. The van der Waals surface area contributed by atoms with Gasteiger partial charge in [-0.05, 0) is 24.6 Å². The van der Waals surface area contributed by atoms with Crippen molar-refractivity contribution in [3.05, 3.63) is 47.2 Å². The van der Waals surface area contributed by atoms with E-state index in [9.17, 15) is 4.79 Å². The molecular formula is C14H17N3O2. The van der Waals surface area contributed by atoms with Crippen LogP contribution >= 0.6 is 0 Å². The second kappa shape index (κ2) is 5.14. The van der Waals surface area contributed by atoms with Crippen LogP contribution < -0.4 is 5.73 Å². The molecule has 0 spiro atoms. The molecule has 100 valence electrons. The summed E-state index contributed by atoms with van der Waals surface area (Å²) in [6, 6.07) is 7.43. The number of carbonyl (C=O) groups excluding carboxylic acids is 1. The highest BCUT2D eigenvalue weighted by atomic mass is 16.4. The molecule has 0 fully saturated rings. The fourth-order valence-corrected chi connectivity index (χ4v) is 1.87. The Hall–Kier alpha value is -2.30. The van der Waals surface area contributed by atoms with Gasteiger partial charge in [0.1, 0.15) is 0 Å². The van der Waals surface area contributed by atoms with Crippen LogP contribution in [-0.2, 0) is 6.54 Å². The van der Waals surface area contributed by atoms with E-state index in [4.69, 9.17) is 10.2 Å². The topological polar surface area (TPSA) is 72.4 Å². The van der Waals surface area contributed by atoms with Gasteiger partial charge in [-0.15, -0.1) is 0 Å². The molecule has 1 aromatic heterocycles. The highest BCUT2D eigenvalue weighted by Crippen LogP contribution is 2.14. The number of nitrogens with two attached hydrogens (primary N) is 1. The van der Waals surface area contributed by atoms with Crippen LogP contribution in [0, 0.1) is 13.8 Å². The van der Waals surface area contributed by atoms with Gasteiger partial charge in [-0.25, -0.2) is 4.98 Å². The molecule has 1 amide bonds. The average molecular weight is 259 g/mol. The van der Waals surface area contributed by atoms with Crippen molar-refractivity contribution in [2.24, 2.45) is 0 Å². The lowest BCUT2D eigenvalue weighted by Gasteiger charge is -2.16. The molecule has 19 heavy (non-hydrogen) atoms. The fraction of sp³-hybridized carbons (Fsp3) is 0.286. The minimum atomic E-state index is -0.171. The molecule has 0 unspecified atom stereocenters. The molecule has 0 aliphatic heterocycles. The smallest absolute Gasteiger partial charge is 0.291 e. The van der Waals surface area contributed by atoms with Gasteiger partial charge in [-0.3, -0.25) is 4.79 Å². The van der Waals surface area contributed by atoms with Gasteiger partial charge in [0.15, 0.2) is 5.89 Å². The number of amides is 1. The predicted octanol–water partition coefficient (Wildman–Crippen LogP) is 2.15. The molecule has 2 rings (SSSR count). The molecule has 0 saturated heterocycles. The first-order valence-electron chi connectivity index (χ1n) is 6.01. The van der Waals surface area contributed by atoms with Crippen molar-refractivity contribution in [2.45, 2.75) is 20.4 Å². The standard InChI is InChI=1S/C14H17N3O2/c1-9-13(19-10(2)16-9)14(18)17(3)8-11-4-6-12(15)7-5-11/h4-7H,8,15H2,1-3H3. The predicted molar refractivity (Wildman–Crippen MR) is 72.6 cm³/mol. The van der Waals surface area contributed by atoms with Crippen molar-refractivity contribution in [3.8, 4) is 0 Å². The summed E-state index contributed by atoms with van der Waals surface area (Å²) in [6.45, 7) is 3.99. The van der Waals surface area contributed by atoms with E-state index < -0.39 is 0 Å². The van der Waals surface area contributed by atoms with Gasteiger partial charge < -0.3 is 15.1 Å². The Labute approximate surface area is 112 Å². The largest absolute Gasteiger partial charge is 0.436 e. The minimum Gasteiger partial charge on any atom is -0.436 e. The molecule has 0 aliphatic rings. The third-order valence-corrected chi connectivity index (χ3v) is 2.84. The van der Waals surface area contributed by atoms with Crippen LogP contribution in [0.2, 0.25) is 0 Å². The molecule has 5 heteroatoms. The molecule has 0 bridgehead atoms. The Bertz CT molecular complexity index is 587. The summed E-state index contributed by atoms with van der Waals surface area (Å²) in [5.41, 5.74) is 7.97. The van der Waals surface area contributed by atoms with Crippen LogP contribution in [0.1, 0.15) is 27.7 Å². The van der Waals surface area contributed by atoms with Gasteiger partial charge >= 0.3 is 0 Å².